The number of nitrogens with one attached hydrogen (secondary N) is 2. The Bertz CT molecular complexity index is 1460. The Kier molecular flexibility index (Phi) is 8.76. The Morgan fingerprint density at radius 1 is 1.18 bits per heavy atom. The summed E-state index contributed by atoms with van der Waals surface area (Å²) in [4.78, 5) is 38.6. The molecule has 196 valence electrons. The summed E-state index contributed by atoms with van der Waals surface area (Å²) in [6.07, 6.45) is 1.19. The number of aromatic hydroxyl groups is 1. The van der Waals surface area contributed by atoms with Gasteiger partial charge in [0.05, 0.1) is 17.2 Å². The highest BCUT2D eigenvalue weighted by molar-refractivity contribution is 5.97. The Morgan fingerprint density at radius 3 is 2.55 bits per heavy atom. The molecule has 1 aromatic heterocycles. The van der Waals surface area contributed by atoms with Crippen molar-refractivity contribution in [3.05, 3.63) is 81.6 Å². The van der Waals surface area contributed by atoms with E-state index in [1.165, 1.54) is 6.92 Å². The molecule has 10 nitrogen and oxygen atoms in total. The summed E-state index contributed by atoms with van der Waals surface area (Å²) in [6.45, 7) is 5.38. The minimum absolute atomic E-state index is 0.0917. The third kappa shape index (κ3) is 6.91. The van der Waals surface area contributed by atoms with Gasteiger partial charge in [-0.2, -0.15) is 10.4 Å². The molecule has 2 atom stereocenters. The highest BCUT2D eigenvalue weighted by Gasteiger charge is 2.28. The molecule has 0 fully saturated rings. The Morgan fingerprint density at radius 2 is 1.89 bits per heavy atom. The summed E-state index contributed by atoms with van der Waals surface area (Å²) < 4.78 is 0. The normalized spacial score (nSPS) is 13.4. The topological polar surface area (TPSA) is 174 Å². The molecule has 0 spiro atoms. The summed E-state index contributed by atoms with van der Waals surface area (Å²) in [7, 11) is 0. The quantitative estimate of drug-likeness (QED) is 0.267. The molecule has 10 heteroatoms. The molecule has 1 heterocycles. The van der Waals surface area contributed by atoms with Crippen LogP contribution in [-0.2, 0) is 4.79 Å². The summed E-state index contributed by atoms with van der Waals surface area (Å²) in [5.41, 5.74) is 5.50. The number of hydrogen-bond acceptors (Lipinski definition) is 7. The molecule has 5 N–H and O–H groups in total. The average Bonchev–Trinajstić information content (AvgIpc) is 2.87. The van der Waals surface area contributed by atoms with Crippen molar-refractivity contribution in [2.45, 2.75) is 46.0 Å². The molecule has 3 aromatic rings. The second-order valence-electron chi connectivity index (χ2n) is 9.50. The third-order valence-electron chi connectivity index (χ3n) is 6.35. The molecular weight excluding hydrogens is 484 g/mol. The van der Waals surface area contributed by atoms with Gasteiger partial charge in [-0.3, -0.25) is 19.4 Å². The predicted octanol–water partition coefficient (Wildman–Crippen LogP) is 5.35. The van der Waals surface area contributed by atoms with Crippen LogP contribution in [0.1, 0.15) is 60.5 Å². The summed E-state index contributed by atoms with van der Waals surface area (Å²) in [6, 6.07) is 18.9. The number of benzene rings is 2. The molecule has 38 heavy (non-hydrogen) atoms. The number of pyridine rings is 1. The lowest BCUT2D eigenvalue weighted by Crippen LogP contribution is -2.21. The predicted molar refractivity (Wildman–Crippen MR) is 144 cm³/mol. The number of anilines is 1. The number of carbonyl (C=O) groups is 2. The zero-order valence-corrected chi connectivity index (χ0v) is 21.5. The van der Waals surface area contributed by atoms with E-state index in [1.54, 1.807) is 24.3 Å². The van der Waals surface area contributed by atoms with E-state index in [9.17, 15) is 24.8 Å². The van der Waals surface area contributed by atoms with Crippen LogP contribution in [-0.4, -0.2) is 21.9 Å². The van der Waals surface area contributed by atoms with Gasteiger partial charge in [-0.05, 0) is 56.4 Å². The number of hydrogen-bond donors (Lipinski definition) is 4. The minimum atomic E-state index is -0.917. The van der Waals surface area contributed by atoms with Gasteiger partial charge >= 0.3 is 0 Å². The maximum absolute atomic E-state index is 12.7. The van der Waals surface area contributed by atoms with Crippen molar-refractivity contribution in [2.24, 2.45) is 21.4 Å². The number of H-pyrrole nitrogens is 1. The standard InChI is InChI=1S/C28H30N6O4/c1-17(19-8-5-4-6-9-19)15-28(3,16-29)13-12-22(35)31-20-10-7-11-21(14-20)33-34-24-18(2)23(25(30)36)26(37)32-27(24)38/h4-11,14,17H,12-13,15H2,1-3H3,(H2,30,36)(H,31,35)(H2,32,37,38). The van der Waals surface area contributed by atoms with Crippen molar-refractivity contribution in [1.82, 2.24) is 4.98 Å². The first-order chi connectivity index (χ1) is 18.0. The van der Waals surface area contributed by atoms with Crippen LogP contribution in [0.15, 0.2) is 69.6 Å². The van der Waals surface area contributed by atoms with Crippen LogP contribution < -0.4 is 16.6 Å². The number of nitrogens with zero attached hydrogens (tertiary/aromatic N) is 3. The van der Waals surface area contributed by atoms with Crippen LogP contribution in [0.25, 0.3) is 0 Å². The van der Waals surface area contributed by atoms with Crippen molar-refractivity contribution in [2.75, 3.05) is 5.32 Å². The fraction of sp³-hybridized carbons (Fsp3) is 0.286. The van der Waals surface area contributed by atoms with Gasteiger partial charge in [0.25, 0.3) is 11.5 Å². The first kappa shape index (κ1) is 27.8. The van der Waals surface area contributed by atoms with Crippen LogP contribution >= 0.6 is 0 Å². The van der Waals surface area contributed by atoms with Crippen molar-refractivity contribution in [3.8, 4) is 11.9 Å². The average molecular weight is 515 g/mol. The zero-order chi connectivity index (χ0) is 27.9. The van der Waals surface area contributed by atoms with E-state index in [1.807, 2.05) is 37.3 Å². The molecule has 2 amide bonds. The van der Waals surface area contributed by atoms with E-state index >= 15 is 0 Å². The van der Waals surface area contributed by atoms with E-state index in [-0.39, 0.29) is 35.1 Å². The molecule has 0 saturated heterocycles. The monoisotopic (exact) mass is 514 g/mol. The van der Waals surface area contributed by atoms with E-state index < -0.39 is 22.8 Å². The number of nitrogens with two attached hydrogens (primary N) is 1. The number of carbonyl (C=O) groups excluding carboxylic acids is 2. The smallest absolute Gasteiger partial charge is 0.278 e. The molecule has 0 aliphatic carbocycles. The fourth-order valence-electron chi connectivity index (χ4n) is 4.26. The lowest BCUT2D eigenvalue weighted by molar-refractivity contribution is -0.116. The number of aromatic amines is 1. The fourth-order valence-corrected chi connectivity index (χ4v) is 4.26. The van der Waals surface area contributed by atoms with Gasteiger partial charge in [0.2, 0.25) is 11.8 Å². The van der Waals surface area contributed by atoms with E-state index in [2.05, 4.69) is 33.5 Å². The first-order valence-corrected chi connectivity index (χ1v) is 12.1. The second kappa shape index (κ2) is 12.0. The maximum Gasteiger partial charge on any atom is 0.278 e. The van der Waals surface area contributed by atoms with Crippen LogP contribution in [0.3, 0.4) is 0 Å². The molecule has 2 unspecified atom stereocenters. The first-order valence-electron chi connectivity index (χ1n) is 12.1. The molecule has 0 saturated carbocycles. The molecule has 0 aliphatic rings. The van der Waals surface area contributed by atoms with E-state index in [0.717, 1.165) is 5.56 Å². The second-order valence-corrected chi connectivity index (χ2v) is 9.50. The Balaban J connectivity index is 1.66. The molecule has 0 radical (unpaired) electrons. The molecule has 0 bridgehead atoms. The van der Waals surface area contributed by atoms with Crippen molar-refractivity contribution < 1.29 is 14.7 Å². The highest BCUT2D eigenvalue weighted by Crippen LogP contribution is 2.35. The SMILES string of the molecule is Cc1c(C(N)=O)c(O)[nH]c(=O)c1N=Nc1cccc(NC(=O)CCC(C)(C#N)CC(C)c2ccccc2)c1. The van der Waals surface area contributed by atoms with Gasteiger partial charge in [0.1, 0.15) is 5.56 Å². The van der Waals surface area contributed by atoms with E-state index in [4.69, 9.17) is 5.73 Å². The number of rotatable bonds is 10. The number of aromatic nitrogens is 1. The maximum atomic E-state index is 12.7. The number of nitriles is 1. The molecular formula is C28H30N6O4. The summed E-state index contributed by atoms with van der Waals surface area (Å²) in [5.74, 6) is -1.62. The van der Waals surface area contributed by atoms with E-state index in [0.29, 0.717) is 24.2 Å². The molecule has 0 aliphatic heterocycles. The third-order valence-corrected chi connectivity index (χ3v) is 6.35. The summed E-state index contributed by atoms with van der Waals surface area (Å²) >= 11 is 0. The molecule has 2 aromatic carbocycles. The lowest BCUT2D eigenvalue weighted by atomic mass is 9.77. The molecule has 3 rings (SSSR count). The lowest BCUT2D eigenvalue weighted by Gasteiger charge is -2.25. The van der Waals surface area contributed by atoms with Gasteiger partial charge in [-0.15, -0.1) is 5.11 Å². The van der Waals surface area contributed by atoms with Crippen molar-refractivity contribution in [1.29, 1.82) is 5.26 Å². The van der Waals surface area contributed by atoms with Gasteiger partial charge < -0.3 is 16.2 Å². The van der Waals surface area contributed by atoms with Crippen LogP contribution in [0, 0.1) is 23.7 Å². The highest BCUT2D eigenvalue weighted by atomic mass is 16.3. The van der Waals surface area contributed by atoms with Crippen molar-refractivity contribution >= 4 is 28.9 Å². The van der Waals surface area contributed by atoms with Gasteiger partial charge in [0.15, 0.2) is 5.69 Å². The Labute approximate surface area is 220 Å². The van der Waals surface area contributed by atoms with Crippen LogP contribution in [0.2, 0.25) is 0 Å². The van der Waals surface area contributed by atoms with Gasteiger partial charge in [0, 0.05) is 17.7 Å². The van der Waals surface area contributed by atoms with Crippen LogP contribution in [0.5, 0.6) is 5.88 Å². The van der Waals surface area contributed by atoms with Crippen molar-refractivity contribution in [3.63, 3.8) is 0 Å². The zero-order valence-electron chi connectivity index (χ0n) is 21.5. The van der Waals surface area contributed by atoms with Gasteiger partial charge in [-0.25, -0.2) is 0 Å². The summed E-state index contributed by atoms with van der Waals surface area (Å²) in [5, 5.41) is 30.4. The Hall–Kier alpha value is -4.78. The largest absolute Gasteiger partial charge is 0.494 e. The number of amides is 2. The van der Waals surface area contributed by atoms with Gasteiger partial charge in [-0.1, -0.05) is 43.3 Å². The minimum Gasteiger partial charge on any atom is -0.494 e. The number of primary amides is 1. The number of azo groups is 1. The van der Waals surface area contributed by atoms with Crippen LogP contribution in [0.4, 0.5) is 17.1 Å².